The van der Waals surface area contributed by atoms with Crippen molar-refractivity contribution in [3.8, 4) is 0 Å². The fraction of sp³-hybridized carbons (Fsp3) is 0.409. The Hall–Kier alpha value is -3.49. The Morgan fingerprint density at radius 3 is 2.61 bits per heavy atom. The summed E-state index contributed by atoms with van der Waals surface area (Å²) in [5.41, 5.74) is 1.49. The summed E-state index contributed by atoms with van der Waals surface area (Å²) in [4.78, 5) is 38.8. The van der Waals surface area contributed by atoms with Gasteiger partial charge in [0.25, 0.3) is 5.91 Å². The molecule has 3 aromatic heterocycles. The van der Waals surface area contributed by atoms with Gasteiger partial charge in [0.2, 0.25) is 5.95 Å². The third kappa shape index (κ3) is 3.39. The van der Waals surface area contributed by atoms with Crippen LogP contribution in [0, 0.1) is 11.8 Å². The molecular weight excluding hydrogens is 396 g/mol. The molecule has 1 amide bonds. The molecule has 2 aliphatic rings. The van der Waals surface area contributed by atoms with E-state index in [0.29, 0.717) is 23.4 Å². The van der Waals surface area contributed by atoms with Crippen LogP contribution >= 0.6 is 0 Å². The first-order chi connectivity index (χ1) is 14.9. The predicted molar refractivity (Wildman–Crippen MR) is 115 cm³/mol. The summed E-state index contributed by atoms with van der Waals surface area (Å²) in [6.45, 7) is 0. The van der Waals surface area contributed by atoms with Gasteiger partial charge in [-0.15, -0.1) is 0 Å². The van der Waals surface area contributed by atoms with Crippen molar-refractivity contribution in [3.05, 3.63) is 41.9 Å². The highest BCUT2D eigenvalue weighted by Crippen LogP contribution is 2.51. The van der Waals surface area contributed by atoms with Crippen molar-refractivity contribution in [2.45, 2.75) is 31.7 Å². The summed E-state index contributed by atoms with van der Waals surface area (Å²) in [6, 6.07) is 5.20. The molecule has 3 atom stereocenters. The van der Waals surface area contributed by atoms with Gasteiger partial charge in [0.05, 0.1) is 5.56 Å². The second-order valence-corrected chi connectivity index (χ2v) is 8.68. The minimum Gasteiger partial charge on any atom is -0.478 e. The van der Waals surface area contributed by atoms with Gasteiger partial charge in [-0.25, -0.2) is 14.8 Å². The Bertz CT molecular complexity index is 1170. The number of pyridine rings is 1. The van der Waals surface area contributed by atoms with Gasteiger partial charge in [0, 0.05) is 37.9 Å². The summed E-state index contributed by atoms with van der Waals surface area (Å²) < 4.78 is 2.12. The molecule has 2 aliphatic carbocycles. The molecule has 0 aromatic carbocycles. The first-order valence-electron chi connectivity index (χ1n) is 10.5. The molecule has 0 radical (unpaired) electrons. The zero-order valence-electron chi connectivity index (χ0n) is 17.4. The highest BCUT2D eigenvalue weighted by atomic mass is 16.4. The molecule has 9 heteroatoms. The highest BCUT2D eigenvalue weighted by molar-refractivity contribution is 5.98. The molecule has 3 heterocycles. The van der Waals surface area contributed by atoms with Crippen LogP contribution in [0.3, 0.4) is 0 Å². The lowest BCUT2D eigenvalue weighted by molar-refractivity contribution is 0.0696. The van der Waals surface area contributed by atoms with E-state index in [1.807, 2.05) is 6.07 Å². The van der Waals surface area contributed by atoms with Crippen molar-refractivity contribution in [2.24, 2.45) is 11.8 Å². The monoisotopic (exact) mass is 420 g/mol. The summed E-state index contributed by atoms with van der Waals surface area (Å²) in [6.07, 6.45) is 7.77. The number of nitrogens with one attached hydrogen (secondary N) is 1. The molecule has 5 rings (SSSR count). The number of nitrogens with zero attached hydrogens (tertiary/aromatic N) is 5. The van der Waals surface area contributed by atoms with E-state index in [1.54, 1.807) is 31.3 Å². The molecule has 0 saturated heterocycles. The Kier molecular flexibility index (Phi) is 4.60. The van der Waals surface area contributed by atoms with Crippen LogP contribution in [0.2, 0.25) is 0 Å². The number of amides is 1. The van der Waals surface area contributed by atoms with Gasteiger partial charge in [-0.1, -0.05) is 6.42 Å². The number of aromatic carboxylic acids is 1. The van der Waals surface area contributed by atoms with Gasteiger partial charge in [0.1, 0.15) is 17.2 Å². The van der Waals surface area contributed by atoms with Crippen LogP contribution in [-0.4, -0.2) is 55.5 Å². The molecule has 2 saturated carbocycles. The standard InChI is InChI=1S/C22H24N6O3/c1-27(2)20(29)17-9-15-11-24-22(25-18-6-5-14(10-23-18)21(30)31)26-19(15)28(17)16-8-12-3-4-13(16)7-12/h5-6,9-13,16H,3-4,7-8H2,1-2H3,(H,30,31)(H,23,24,25,26)/t12-,13+,16+/m0/s1. The second kappa shape index (κ2) is 7.33. The summed E-state index contributed by atoms with van der Waals surface area (Å²) in [7, 11) is 3.52. The maximum atomic E-state index is 12.9. The van der Waals surface area contributed by atoms with Crippen LogP contribution < -0.4 is 5.32 Å². The van der Waals surface area contributed by atoms with Gasteiger partial charge in [-0.2, -0.15) is 4.98 Å². The highest BCUT2D eigenvalue weighted by Gasteiger charge is 2.42. The molecular formula is C22H24N6O3. The number of fused-ring (bicyclic) bond motifs is 3. The first kappa shape index (κ1) is 19.5. The first-order valence-corrected chi connectivity index (χ1v) is 10.5. The summed E-state index contributed by atoms with van der Waals surface area (Å²) >= 11 is 0. The number of aromatic nitrogens is 4. The lowest BCUT2D eigenvalue weighted by Gasteiger charge is -2.26. The van der Waals surface area contributed by atoms with E-state index in [0.717, 1.165) is 23.4 Å². The van der Waals surface area contributed by atoms with Crippen molar-refractivity contribution in [2.75, 3.05) is 19.4 Å². The van der Waals surface area contributed by atoms with Gasteiger partial charge < -0.3 is 19.9 Å². The molecule has 2 bridgehead atoms. The quantitative estimate of drug-likeness (QED) is 0.651. The van der Waals surface area contributed by atoms with Crippen molar-refractivity contribution in [1.29, 1.82) is 0 Å². The van der Waals surface area contributed by atoms with Gasteiger partial charge >= 0.3 is 5.97 Å². The number of rotatable bonds is 5. The molecule has 160 valence electrons. The molecule has 3 aromatic rings. The van der Waals surface area contributed by atoms with E-state index in [2.05, 4.69) is 19.9 Å². The number of carbonyl (C=O) groups excluding carboxylic acids is 1. The fourth-order valence-electron chi connectivity index (χ4n) is 5.03. The molecule has 9 nitrogen and oxygen atoms in total. The maximum absolute atomic E-state index is 12.9. The van der Waals surface area contributed by atoms with Crippen molar-refractivity contribution in [3.63, 3.8) is 0 Å². The Balaban J connectivity index is 1.54. The van der Waals surface area contributed by atoms with Gasteiger partial charge in [-0.3, -0.25) is 4.79 Å². The minimum atomic E-state index is -1.03. The number of hydrogen-bond acceptors (Lipinski definition) is 6. The smallest absolute Gasteiger partial charge is 0.337 e. The number of anilines is 2. The van der Waals surface area contributed by atoms with Crippen LogP contribution in [0.4, 0.5) is 11.8 Å². The van der Waals surface area contributed by atoms with Gasteiger partial charge in [0.15, 0.2) is 0 Å². The number of carbonyl (C=O) groups is 2. The number of carboxylic acid groups (broad SMARTS) is 1. The lowest BCUT2D eigenvalue weighted by Crippen LogP contribution is -2.27. The Labute approximate surface area is 179 Å². The Morgan fingerprint density at radius 1 is 1.16 bits per heavy atom. The second-order valence-electron chi connectivity index (χ2n) is 8.68. The topological polar surface area (TPSA) is 113 Å². The SMILES string of the molecule is CN(C)C(=O)c1cc2cnc(Nc3ccc(C(=O)O)cn3)nc2n1[C@@H]1C[C@H]2CC[C@@H]1C2. The average molecular weight is 420 g/mol. The van der Waals surface area contributed by atoms with E-state index in [-0.39, 0.29) is 17.5 Å². The molecule has 0 spiro atoms. The largest absolute Gasteiger partial charge is 0.478 e. The predicted octanol–water partition coefficient (Wildman–Crippen LogP) is 3.33. The van der Waals surface area contributed by atoms with Crippen molar-refractivity contribution >= 4 is 34.7 Å². The average Bonchev–Trinajstić information content (AvgIpc) is 3.47. The molecule has 2 N–H and O–H groups in total. The van der Waals surface area contributed by atoms with E-state index >= 15 is 0 Å². The van der Waals surface area contributed by atoms with E-state index in [1.165, 1.54) is 31.5 Å². The van der Waals surface area contributed by atoms with E-state index in [4.69, 9.17) is 10.1 Å². The number of carboxylic acids is 1. The zero-order valence-corrected chi connectivity index (χ0v) is 17.4. The Morgan fingerprint density at radius 2 is 2.00 bits per heavy atom. The minimum absolute atomic E-state index is 0.0405. The maximum Gasteiger partial charge on any atom is 0.337 e. The molecule has 2 fully saturated rings. The van der Waals surface area contributed by atoms with Crippen molar-refractivity contribution < 1.29 is 14.7 Å². The number of hydrogen-bond donors (Lipinski definition) is 2. The van der Waals surface area contributed by atoms with Crippen LogP contribution in [0.5, 0.6) is 0 Å². The summed E-state index contributed by atoms with van der Waals surface area (Å²) in [5.74, 6) is 1.04. The fourth-order valence-corrected chi connectivity index (χ4v) is 5.03. The van der Waals surface area contributed by atoms with E-state index < -0.39 is 5.97 Å². The van der Waals surface area contributed by atoms with Crippen LogP contribution in [0.15, 0.2) is 30.6 Å². The summed E-state index contributed by atoms with van der Waals surface area (Å²) in [5, 5.41) is 12.9. The molecule has 0 unspecified atom stereocenters. The molecule has 0 aliphatic heterocycles. The van der Waals surface area contributed by atoms with E-state index in [9.17, 15) is 9.59 Å². The normalized spacial score (nSPS) is 22.1. The lowest BCUT2D eigenvalue weighted by atomic mass is 9.95. The van der Waals surface area contributed by atoms with Crippen LogP contribution in [0.25, 0.3) is 11.0 Å². The van der Waals surface area contributed by atoms with Gasteiger partial charge in [-0.05, 0) is 49.3 Å². The molecule has 31 heavy (non-hydrogen) atoms. The van der Waals surface area contributed by atoms with Crippen molar-refractivity contribution in [1.82, 2.24) is 24.4 Å². The van der Waals surface area contributed by atoms with Crippen LogP contribution in [0.1, 0.15) is 52.6 Å². The third-order valence-electron chi connectivity index (χ3n) is 6.48. The van der Waals surface area contributed by atoms with Crippen LogP contribution in [-0.2, 0) is 0 Å². The zero-order chi connectivity index (χ0) is 21.7. The third-order valence-corrected chi connectivity index (χ3v) is 6.48.